The molecule has 0 bridgehead atoms. The molecule has 1 spiro atoms. The summed E-state index contributed by atoms with van der Waals surface area (Å²) < 4.78 is 19.3. The third-order valence-corrected chi connectivity index (χ3v) is 4.61. The fourth-order valence-electron chi connectivity index (χ4n) is 3.62. The quantitative estimate of drug-likeness (QED) is 0.667. The van der Waals surface area contributed by atoms with Gasteiger partial charge in [0.25, 0.3) is 5.69 Å². The smallest absolute Gasteiger partial charge is 0.407 e. The zero-order valence-corrected chi connectivity index (χ0v) is 14.5. The molecule has 0 unspecified atom stereocenters. The van der Waals surface area contributed by atoms with Gasteiger partial charge in [-0.2, -0.15) is 0 Å². The summed E-state index contributed by atoms with van der Waals surface area (Å²) in [5.74, 6) is -0.577. The Kier molecular flexibility index (Phi) is 4.09. The van der Waals surface area contributed by atoms with Gasteiger partial charge in [0.15, 0.2) is 5.82 Å². The molecular formula is C17H22FN3O4. The molecule has 2 fully saturated rings. The summed E-state index contributed by atoms with van der Waals surface area (Å²) in [5.41, 5.74) is -0.290. The van der Waals surface area contributed by atoms with Crippen LogP contribution in [0.5, 0.6) is 0 Å². The molecule has 25 heavy (non-hydrogen) atoms. The predicted octanol–water partition coefficient (Wildman–Crippen LogP) is 3.23. The molecule has 1 heterocycles. The van der Waals surface area contributed by atoms with Gasteiger partial charge >= 0.3 is 6.09 Å². The minimum absolute atomic E-state index is 0.0821. The Bertz CT molecular complexity index is 702. The van der Waals surface area contributed by atoms with Gasteiger partial charge in [0.2, 0.25) is 0 Å². The average Bonchev–Trinajstić information content (AvgIpc) is 2.38. The van der Waals surface area contributed by atoms with E-state index in [1.54, 1.807) is 0 Å². The molecule has 1 aromatic carbocycles. The molecular weight excluding hydrogens is 329 g/mol. The van der Waals surface area contributed by atoms with Crippen molar-refractivity contribution >= 4 is 17.5 Å². The SMILES string of the molecule is CC(C)(C)OC(=O)NC1CC2(C1)CN(c1ccc([N+](=O)[O-])cc1F)C2. The summed E-state index contributed by atoms with van der Waals surface area (Å²) in [6, 6.07) is 3.80. The van der Waals surface area contributed by atoms with E-state index in [0.717, 1.165) is 18.9 Å². The van der Waals surface area contributed by atoms with Crippen molar-refractivity contribution in [2.45, 2.75) is 45.3 Å². The topological polar surface area (TPSA) is 84.7 Å². The number of nitrogens with one attached hydrogen (secondary N) is 1. The molecule has 2 aliphatic rings. The third-order valence-electron chi connectivity index (χ3n) is 4.61. The van der Waals surface area contributed by atoms with Crippen LogP contribution in [0.25, 0.3) is 0 Å². The molecule has 3 rings (SSSR count). The number of rotatable bonds is 3. The van der Waals surface area contributed by atoms with Gasteiger partial charge in [0, 0.05) is 30.6 Å². The number of carbonyl (C=O) groups is 1. The maximum absolute atomic E-state index is 14.0. The molecule has 1 N–H and O–H groups in total. The monoisotopic (exact) mass is 351 g/mol. The number of hydrogen-bond donors (Lipinski definition) is 1. The van der Waals surface area contributed by atoms with Crippen LogP contribution < -0.4 is 10.2 Å². The van der Waals surface area contributed by atoms with Gasteiger partial charge in [0.05, 0.1) is 16.7 Å². The Balaban J connectivity index is 1.49. The Hall–Kier alpha value is -2.38. The average molecular weight is 351 g/mol. The Morgan fingerprint density at radius 3 is 2.56 bits per heavy atom. The van der Waals surface area contributed by atoms with Crippen molar-refractivity contribution in [2.24, 2.45) is 5.41 Å². The maximum atomic E-state index is 14.0. The molecule has 0 atom stereocenters. The number of alkyl carbamates (subject to hydrolysis) is 1. The van der Waals surface area contributed by atoms with Crippen molar-refractivity contribution in [3.05, 3.63) is 34.1 Å². The fourth-order valence-corrected chi connectivity index (χ4v) is 3.62. The second-order valence-electron chi connectivity index (χ2n) is 8.00. The van der Waals surface area contributed by atoms with E-state index in [2.05, 4.69) is 5.32 Å². The van der Waals surface area contributed by atoms with Gasteiger partial charge in [-0.1, -0.05) is 0 Å². The molecule has 0 radical (unpaired) electrons. The van der Waals surface area contributed by atoms with Gasteiger partial charge in [-0.15, -0.1) is 0 Å². The summed E-state index contributed by atoms with van der Waals surface area (Å²) in [4.78, 5) is 23.7. The van der Waals surface area contributed by atoms with Crippen molar-refractivity contribution in [1.82, 2.24) is 5.32 Å². The molecule has 136 valence electrons. The van der Waals surface area contributed by atoms with Crippen LogP contribution in [0.2, 0.25) is 0 Å². The van der Waals surface area contributed by atoms with Crippen LogP contribution in [0.3, 0.4) is 0 Å². The van der Waals surface area contributed by atoms with Gasteiger partial charge in [0.1, 0.15) is 5.60 Å². The minimum Gasteiger partial charge on any atom is -0.444 e. The lowest BCUT2D eigenvalue weighted by Gasteiger charge is -2.59. The van der Waals surface area contributed by atoms with Crippen LogP contribution in [-0.4, -0.2) is 35.7 Å². The number of amides is 1. The van der Waals surface area contributed by atoms with Crippen LogP contribution >= 0.6 is 0 Å². The molecule has 7 nitrogen and oxygen atoms in total. The predicted molar refractivity (Wildman–Crippen MR) is 90.1 cm³/mol. The number of ether oxygens (including phenoxy) is 1. The molecule has 1 aromatic rings. The second kappa shape index (κ2) is 5.86. The van der Waals surface area contributed by atoms with Gasteiger partial charge in [-0.25, -0.2) is 9.18 Å². The first-order chi connectivity index (χ1) is 11.6. The number of nitro groups is 1. The van der Waals surface area contributed by atoms with E-state index in [0.29, 0.717) is 18.8 Å². The highest BCUT2D eigenvalue weighted by atomic mass is 19.1. The highest BCUT2D eigenvalue weighted by Gasteiger charge is 2.53. The Morgan fingerprint density at radius 2 is 2.04 bits per heavy atom. The molecule has 1 aliphatic heterocycles. The lowest BCUT2D eigenvalue weighted by atomic mass is 9.60. The van der Waals surface area contributed by atoms with Crippen LogP contribution in [-0.2, 0) is 4.74 Å². The zero-order valence-electron chi connectivity index (χ0n) is 14.5. The summed E-state index contributed by atoms with van der Waals surface area (Å²) in [5, 5.41) is 13.5. The van der Waals surface area contributed by atoms with E-state index in [4.69, 9.17) is 4.74 Å². The lowest BCUT2D eigenvalue weighted by molar-refractivity contribution is -0.385. The van der Waals surface area contributed by atoms with Crippen molar-refractivity contribution in [1.29, 1.82) is 0 Å². The van der Waals surface area contributed by atoms with E-state index >= 15 is 0 Å². The highest BCUT2D eigenvalue weighted by Crippen LogP contribution is 2.50. The molecule has 8 heteroatoms. The lowest BCUT2D eigenvalue weighted by Crippen LogP contribution is -2.67. The first-order valence-electron chi connectivity index (χ1n) is 8.25. The highest BCUT2D eigenvalue weighted by molar-refractivity contribution is 5.68. The van der Waals surface area contributed by atoms with E-state index in [1.807, 2.05) is 25.7 Å². The number of carbonyl (C=O) groups excluding carboxylic acids is 1. The first kappa shape index (κ1) is 17.4. The number of nitrogens with zero attached hydrogens (tertiary/aromatic N) is 2. The second-order valence-corrected chi connectivity index (χ2v) is 8.00. The Labute approximate surface area is 145 Å². The zero-order chi connectivity index (χ0) is 18.4. The molecule has 1 aliphatic carbocycles. The summed E-state index contributed by atoms with van der Waals surface area (Å²) >= 11 is 0. The van der Waals surface area contributed by atoms with E-state index in [1.165, 1.54) is 12.1 Å². The maximum Gasteiger partial charge on any atom is 0.407 e. The van der Waals surface area contributed by atoms with E-state index < -0.39 is 22.4 Å². The summed E-state index contributed by atoms with van der Waals surface area (Å²) in [6.45, 7) is 6.83. The van der Waals surface area contributed by atoms with Crippen LogP contribution in [0.15, 0.2) is 18.2 Å². The van der Waals surface area contributed by atoms with Crippen molar-refractivity contribution in [3.63, 3.8) is 0 Å². The largest absolute Gasteiger partial charge is 0.444 e. The van der Waals surface area contributed by atoms with E-state index in [9.17, 15) is 19.3 Å². The number of nitro benzene ring substituents is 1. The Morgan fingerprint density at radius 1 is 1.40 bits per heavy atom. The van der Waals surface area contributed by atoms with Crippen molar-refractivity contribution in [2.75, 3.05) is 18.0 Å². The van der Waals surface area contributed by atoms with Gasteiger partial charge < -0.3 is 15.0 Å². The van der Waals surface area contributed by atoms with Crippen LogP contribution in [0, 0.1) is 21.3 Å². The fraction of sp³-hybridized carbons (Fsp3) is 0.588. The first-order valence-corrected chi connectivity index (χ1v) is 8.25. The molecule has 1 saturated heterocycles. The summed E-state index contributed by atoms with van der Waals surface area (Å²) in [6.07, 6.45) is 1.25. The number of benzene rings is 1. The molecule has 1 amide bonds. The standard InChI is InChI=1S/C17H22FN3O4/c1-16(2,3)25-15(22)19-11-7-17(8-11)9-20(10-17)14-5-4-12(21(23)24)6-13(14)18/h4-6,11H,7-10H2,1-3H3,(H,19,22). The van der Waals surface area contributed by atoms with Crippen molar-refractivity contribution in [3.8, 4) is 0 Å². The number of halogens is 1. The third kappa shape index (κ3) is 3.67. The normalized spacial score (nSPS) is 19.1. The number of anilines is 1. The number of non-ortho nitro benzene ring substituents is 1. The van der Waals surface area contributed by atoms with Crippen molar-refractivity contribution < 1.29 is 18.8 Å². The van der Waals surface area contributed by atoms with E-state index in [-0.39, 0.29) is 17.1 Å². The summed E-state index contributed by atoms with van der Waals surface area (Å²) in [7, 11) is 0. The molecule has 0 aromatic heterocycles. The number of hydrogen-bond acceptors (Lipinski definition) is 5. The van der Waals surface area contributed by atoms with Crippen LogP contribution in [0.4, 0.5) is 20.6 Å². The van der Waals surface area contributed by atoms with Crippen LogP contribution in [0.1, 0.15) is 33.6 Å². The molecule has 1 saturated carbocycles. The minimum atomic E-state index is -0.608. The van der Waals surface area contributed by atoms with Gasteiger partial charge in [-0.3, -0.25) is 10.1 Å². The van der Waals surface area contributed by atoms with Gasteiger partial charge in [-0.05, 0) is 39.7 Å².